The number of likely N-dealkylation sites (N-methyl/N-ethyl adjacent to an activating group) is 1. The lowest BCUT2D eigenvalue weighted by Crippen LogP contribution is -2.38. The van der Waals surface area contributed by atoms with Crippen molar-refractivity contribution < 1.29 is 4.79 Å². The van der Waals surface area contributed by atoms with Crippen molar-refractivity contribution >= 4 is 5.91 Å². The van der Waals surface area contributed by atoms with E-state index in [0.29, 0.717) is 19.0 Å². The van der Waals surface area contributed by atoms with Gasteiger partial charge in [0.1, 0.15) is 0 Å². The highest BCUT2D eigenvalue weighted by atomic mass is 16.2. The topological polar surface area (TPSA) is 47.3 Å². The van der Waals surface area contributed by atoms with E-state index in [-0.39, 0.29) is 11.8 Å². The Morgan fingerprint density at radius 2 is 2.33 bits per heavy atom. The van der Waals surface area contributed by atoms with Gasteiger partial charge in [-0.25, -0.2) is 0 Å². The normalized spacial score (nSPS) is 32.3. The molecule has 4 heteroatoms. The highest BCUT2D eigenvalue weighted by molar-refractivity contribution is 5.79. The van der Waals surface area contributed by atoms with Gasteiger partial charge in [-0.3, -0.25) is 4.79 Å². The van der Waals surface area contributed by atoms with Crippen LogP contribution in [0.5, 0.6) is 0 Å². The van der Waals surface area contributed by atoms with Crippen molar-refractivity contribution in [3.63, 3.8) is 0 Å². The van der Waals surface area contributed by atoms with Crippen LogP contribution < -0.4 is 0 Å². The average molecular weight is 207 g/mol. The Morgan fingerprint density at radius 1 is 1.53 bits per heavy atom. The number of hydrogen-bond acceptors (Lipinski definition) is 3. The summed E-state index contributed by atoms with van der Waals surface area (Å²) in [7, 11) is 0. The third kappa shape index (κ3) is 1.98. The maximum absolute atomic E-state index is 11.7. The van der Waals surface area contributed by atoms with E-state index in [4.69, 9.17) is 5.26 Å². The molecule has 2 fully saturated rings. The number of hydrogen-bond donors (Lipinski definition) is 0. The van der Waals surface area contributed by atoms with E-state index in [9.17, 15) is 4.79 Å². The van der Waals surface area contributed by atoms with E-state index in [1.807, 2.05) is 4.90 Å². The fraction of sp³-hybridized carbons (Fsp3) is 0.818. The summed E-state index contributed by atoms with van der Waals surface area (Å²) in [4.78, 5) is 16.0. The molecule has 2 unspecified atom stereocenters. The van der Waals surface area contributed by atoms with Gasteiger partial charge in [-0.15, -0.1) is 0 Å². The van der Waals surface area contributed by atoms with Crippen molar-refractivity contribution in [2.75, 3.05) is 26.2 Å². The van der Waals surface area contributed by atoms with Crippen LogP contribution in [0.4, 0.5) is 0 Å². The Bertz CT molecular complexity index is 297. The standard InChI is InChI=1S/C11H17N3O/c1-2-13-4-3-10(8-13)14-7-9(6-12)5-11(14)15/h9-10H,2-5,7-8H2,1H3. The van der Waals surface area contributed by atoms with Gasteiger partial charge in [0, 0.05) is 32.1 Å². The molecule has 15 heavy (non-hydrogen) atoms. The molecule has 2 atom stereocenters. The quantitative estimate of drug-likeness (QED) is 0.660. The predicted molar refractivity (Wildman–Crippen MR) is 56.0 cm³/mol. The molecule has 2 rings (SSSR count). The van der Waals surface area contributed by atoms with E-state index in [0.717, 1.165) is 26.1 Å². The molecule has 0 aromatic rings. The lowest BCUT2D eigenvalue weighted by molar-refractivity contribution is -0.129. The molecule has 0 spiro atoms. The third-order valence-electron chi connectivity index (χ3n) is 3.48. The summed E-state index contributed by atoms with van der Waals surface area (Å²) in [5, 5.41) is 8.80. The average Bonchev–Trinajstić information content (AvgIpc) is 2.83. The number of rotatable bonds is 2. The molecule has 0 aromatic carbocycles. The van der Waals surface area contributed by atoms with Crippen LogP contribution in [0.15, 0.2) is 0 Å². The first kappa shape index (κ1) is 10.4. The highest BCUT2D eigenvalue weighted by Gasteiger charge is 2.36. The van der Waals surface area contributed by atoms with Crippen LogP contribution in [-0.4, -0.2) is 47.9 Å². The van der Waals surface area contributed by atoms with Gasteiger partial charge in [-0.1, -0.05) is 6.92 Å². The lowest BCUT2D eigenvalue weighted by Gasteiger charge is -2.24. The van der Waals surface area contributed by atoms with Crippen LogP contribution in [0.2, 0.25) is 0 Å². The maximum atomic E-state index is 11.7. The number of nitriles is 1. The second kappa shape index (κ2) is 4.19. The first-order valence-corrected chi connectivity index (χ1v) is 5.66. The molecule has 0 saturated carbocycles. The SMILES string of the molecule is CCN1CCC(N2CC(C#N)CC2=O)C1. The summed E-state index contributed by atoms with van der Waals surface area (Å²) in [6, 6.07) is 2.55. The molecule has 0 bridgehead atoms. The van der Waals surface area contributed by atoms with Crippen LogP contribution in [-0.2, 0) is 4.79 Å². The van der Waals surface area contributed by atoms with E-state index in [1.165, 1.54) is 0 Å². The largest absolute Gasteiger partial charge is 0.337 e. The molecular formula is C11H17N3O. The molecule has 0 radical (unpaired) electrons. The van der Waals surface area contributed by atoms with E-state index < -0.39 is 0 Å². The third-order valence-corrected chi connectivity index (χ3v) is 3.48. The van der Waals surface area contributed by atoms with Gasteiger partial charge in [-0.05, 0) is 13.0 Å². The van der Waals surface area contributed by atoms with Crippen molar-refractivity contribution in [3.8, 4) is 6.07 Å². The second-order valence-electron chi connectivity index (χ2n) is 4.41. The van der Waals surface area contributed by atoms with Crippen LogP contribution in [0.25, 0.3) is 0 Å². The number of carbonyl (C=O) groups excluding carboxylic acids is 1. The summed E-state index contributed by atoms with van der Waals surface area (Å²) in [5.74, 6) is 0.0951. The molecular weight excluding hydrogens is 190 g/mol. The number of likely N-dealkylation sites (tertiary alicyclic amines) is 2. The van der Waals surface area contributed by atoms with E-state index in [1.54, 1.807) is 0 Å². The van der Waals surface area contributed by atoms with E-state index in [2.05, 4.69) is 17.9 Å². The van der Waals surface area contributed by atoms with Crippen molar-refractivity contribution in [3.05, 3.63) is 0 Å². The Morgan fingerprint density at radius 3 is 2.87 bits per heavy atom. The Hall–Kier alpha value is -1.08. The molecule has 0 aromatic heterocycles. The summed E-state index contributed by atoms with van der Waals surface area (Å²) in [6.45, 7) is 5.92. The minimum absolute atomic E-state index is 0.0758. The zero-order chi connectivity index (χ0) is 10.8. The van der Waals surface area contributed by atoms with Crippen LogP contribution in [0.1, 0.15) is 19.8 Å². The van der Waals surface area contributed by atoms with Gasteiger partial charge >= 0.3 is 0 Å². The highest BCUT2D eigenvalue weighted by Crippen LogP contribution is 2.24. The predicted octanol–water partition coefficient (Wildman–Crippen LogP) is 0.453. The lowest BCUT2D eigenvalue weighted by atomic mass is 10.1. The Balaban J connectivity index is 1.95. The zero-order valence-corrected chi connectivity index (χ0v) is 9.15. The molecule has 1 amide bonds. The monoisotopic (exact) mass is 207 g/mol. The Kier molecular flexibility index (Phi) is 2.92. The van der Waals surface area contributed by atoms with Crippen molar-refractivity contribution in [1.82, 2.24) is 9.80 Å². The van der Waals surface area contributed by atoms with Gasteiger partial charge in [0.25, 0.3) is 0 Å². The Labute approximate surface area is 90.5 Å². The first-order chi connectivity index (χ1) is 7.24. The maximum Gasteiger partial charge on any atom is 0.224 e. The summed E-state index contributed by atoms with van der Waals surface area (Å²) >= 11 is 0. The zero-order valence-electron chi connectivity index (χ0n) is 9.15. The molecule has 2 aliphatic heterocycles. The van der Waals surface area contributed by atoms with Crippen LogP contribution >= 0.6 is 0 Å². The molecule has 82 valence electrons. The molecule has 0 aliphatic carbocycles. The van der Waals surface area contributed by atoms with Gasteiger partial charge < -0.3 is 9.80 Å². The van der Waals surface area contributed by atoms with Gasteiger partial charge in [0.15, 0.2) is 0 Å². The minimum atomic E-state index is -0.0758. The fourth-order valence-corrected chi connectivity index (χ4v) is 2.52. The molecule has 4 nitrogen and oxygen atoms in total. The van der Waals surface area contributed by atoms with Gasteiger partial charge in [-0.2, -0.15) is 5.26 Å². The fourth-order valence-electron chi connectivity index (χ4n) is 2.52. The van der Waals surface area contributed by atoms with Gasteiger partial charge in [0.2, 0.25) is 5.91 Å². The first-order valence-electron chi connectivity index (χ1n) is 5.66. The number of nitrogens with zero attached hydrogens (tertiary/aromatic N) is 3. The summed E-state index contributed by atoms with van der Waals surface area (Å²) < 4.78 is 0. The van der Waals surface area contributed by atoms with Gasteiger partial charge in [0.05, 0.1) is 12.0 Å². The molecule has 2 heterocycles. The van der Waals surface area contributed by atoms with Crippen LogP contribution in [0.3, 0.4) is 0 Å². The molecule has 0 N–H and O–H groups in total. The van der Waals surface area contributed by atoms with Crippen molar-refractivity contribution in [2.45, 2.75) is 25.8 Å². The second-order valence-corrected chi connectivity index (χ2v) is 4.41. The summed E-state index contributed by atoms with van der Waals surface area (Å²) in [5.41, 5.74) is 0. The van der Waals surface area contributed by atoms with Crippen molar-refractivity contribution in [2.24, 2.45) is 5.92 Å². The minimum Gasteiger partial charge on any atom is -0.337 e. The van der Waals surface area contributed by atoms with E-state index >= 15 is 0 Å². The number of amides is 1. The van der Waals surface area contributed by atoms with Crippen molar-refractivity contribution in [1.29, 1.82) is 5.26 Å². The number of carbonyl (C=O) groups is 1. The summed E-state index contributed by atoms with van der Waals surface area (Å²) in [6.07, 6.45) is 1.50. The smallest absolute Gasteiger partial charge is 0.224 e. The molecule has 2 aliphatic rings. The van der Waals surface area contributed by atoms with Crippen LogP contribution in [0, 0.1) is 17.2 Å². The molecule has 2 saturated heterocycles.